The first-order valence-corrected chi connectivity index (χ1v) is 8.52. The van der Waals surface area contributed by atoms with Crippen LogP contribution in [0.5, 0.6) is 0 Å². The minimum absolute atomic E-state index is 0.281. The molecule has 5 heteroatoms. The second kappa shape index (κ2) is 5.14. The van der Waals surface area contributed by atoms with Crippen LogP contribution in [-0.2, 0) is 0 Å². The van der Waals surface area contributed by atoms with E-state index in [9.17, 15) is 4.79 Å². The molecule has 0 aromatic heterocycles. The molecule has 0 bridgehead atoms. The van der Waals surface area contributed by atoms with E-state index in [4.69, 9.17) is 17.3 Å². The van der Waals surface area contributed by atoms with E-state index in [-0.39, 0.29) is 6.03 Å². The van der Waals surface area contributed by atoms with Gasteiger partial charge in [-0.2, -0.15) is 0 Å². The van der Waals surface area contributed by atoms with E-state index in [2.05, 4.69) is 17.0 Å². The van der Waals surface area contributed by atoms with Crippen molar-refractivity contribution >= 4 is 17.6 Å². The number of halogens is 1. The highest BCUT2D eigenvalue weighted by atomic mass is 35.5. The molecule has 1 spiro atoms. The molecular weight excluding hydrogens is 298 g/mol. The number of carbonyl (C=O) groups excluding carboxylic acids is 1. The third kappa shape index (κ3) is 2.29. The summed E-state index contributed by atoms with van der Waals surface area (Å²) in [5.74, 6) is 0. The Morgan fingerprint density at radius 2 is 1.82 bits per heavy atom. The lowest BCUT2D eigenvalue weighted by molar-refractivity contribution is -0.112. The lowest BCUT2D eigenvalue weighted by Crippen LogP contribution is -2.63. The molecule has 22 heavy (non-hydrogen) atoms. The zero-order valence-electron chi connectivity index (χ0n) is 12.7. The summed E-state index contributed by atoms with van der Waals surface area (Å²) >= 11 is 6.05. The van der Waals surface area contributed by atoms with Crippen molar-refractivity contribution in [3.05, 3.63) is 34.9 Å². The van der Waals surface area contributed by atoms with Crippen LogP contribution in [0, 0.1) is 5.41 Å². The molecule has 0 radical (unpaired) electrons. The van der Waals surface area contributed by atoms with E-state index >= 15 is 0 Å². The monoisotopic (exact) mass is 319 g/mol. The third-order valence-corrected chi connectivity index (χ3v) is 5.93. The lowest BCUT2D eigenvalue weighted by atomic mass is 9.63. The Labute approximate surface area is 136 Å². The fourth-order valence-corrected chi connectivity index (χ4v) is 4.45. The molecule has 2 amide bonds. The lowest BCUT2D eigenvalue weighted by Gasteiger charge is -2.61. The average Bonchev–Trinajstić information content (AvgIpc) is 3.32. The summed E-state index contributed by atoms with van der Waals surface area (Å²) in [6, 6.07) is 9.29. The van der Waals surface area contributed by atoms with E-state index in [1.165, 1.54) is 18.4 Å². The third-order valence-electron chi connectivity index (χ3n) is 5.68. The quantitative estimate of drug-likeness (QED) is 0.911. The first kappa shape index (κ1) is 14.3. The van der Waals surface area contributed by atoms with Gasteiger partial charge in [-0.1, -0.05) is 23.7 Å². The summed E-state index contributed by atoms with van der Waals surface area (Å²) in [7, 11) is 0. The van der Waals surface area contributed by atoms with E-state index in [0.717, 1.165) is 43.5 Å². The molecule has 1 aromatic rings. The number of carbonyl (C=O) groups is 1. The number of urea groups is 1. The van der Waals surface area contributed by atoms with Gasteiger partial charge in [-0.15, -0.1) is 0 Å². The molecule has 118 valence electrons. The zero-order chi connectivity index (χ0) is 15.3. The Kier molecular flexibility index (Phi) is 3.35. The largest absolute Gasteiger partial charge is 0.351 e. The van der Waals surface area contributed by atoms with Crippen molar-refractivity contribution in [3.63, 3.8) is 0 Å². The summed E-state index contributed by atoms with van der Waals surface area (Å²) in [6.07, 6.45) is 4.75. The Bertz CT molecular complexity index is 576. The van der Waals surface area contributed by atoms with Crippen LogP contribution in [0.3, 0.4) is 0 Å². The summed E-state index contributed by atoms with van der Waals surface area (Å²) < 4.78 is 0. The predicted octanol–water partition coefficient (Wildman–Crippen LogP) is 3.02. The molecule has 1 unspecified atom stereocenters. The number of nitrogens with zero attached hydrogens (tertiary/aromatic N) is 2. The van der Waals surface area contributed by atoms with Gasteiger partial charge in [-0.3, -0.25) is 4.90 Å². The molecule has 1 saturated carbocycles. The highest BCUT2D eigenvalue weighted by Gasteiger charge is 2.57. The summed E-state index contributed by atoms with van der Waals surface area (Å²) in [4.78, 5) is 15.8. The number of hydrogen-bond donors (Lipinski definition) is 1. The highest BCUT2D eigenvalue weighted by Crippen LogP contribution is 2.58. The standard InChI is InChI=1S/C17H22ClN3O/c18-13-3-1-12(2-4-13)15-17(11-21(15)14-5-6-14)7-9-20(10-8-17)16(19)22/h1-4,14-15H,5-11H2,(H2,19,22). The minimum atomic E-state index is -0.281. The summed E-state index contributed by atoms with van der Waals surface area (Å²) in [5.41, 5.74) is 7.10. The Morgan fingerprint density at radius 1 is 1.18 bits per heavy atom. The topological polar surface area (TPSA) is 49.6 Å². The minimum Gasteiger partial charge on any atom is -0.351 e. The molecule has 4 nitrogen and oxygen atoms in total. The van der Waals surface area contributed by atoms with Crippen LogP contribution in [-0.4, -0.2) is 41.5 Å². The molecule has 2 N–H and O–H groups in total. The van der Waals surface area contributed by atoms with Gasteiger partial charge in [-0.25, -0.2) is 4.79 Å². The Balaban J connectivity index is 1.57. The van der Waals surface area contributed by atoms with Crippen molar-refractivity contribution in [2.24, 2.45) is 11.1 Å². The van der Waals surface area contributed by atoms with Crippen LogP contribution in [0.1, 0.15) is 37.3 Å². The van der Waals surface area contributed by atoms with Crippen molar-refractivity contribution in [1.29, 1.82) is 0 Å². The van der Waals surface area contributed by atoms with Gasteiger partial charge in [0.15, 0.2) is 0 Å². The van der Waals surface area contributed by atoms with Crippen LogP contribution >= 0.6 is 11.6 Å². The summed E-state index contributed by atoms with van der Waals surface area (Å²) in [6.45, 7) is 2.74. The second-order valence-corrected chi connectivity index (χ2v) is 7.48. The van der Waals surface area contributed by atoms with E-state index in [1.807, 2.05) is 12.1 Å². The maximum atomic E-state index is 11.4. The number of amides is 2. The number of primary amides is 1. The highest BCUT2D eigenvalue weighted by molar-refractivity contribution is 6.30. The zero-order valence-corrected chi connectivity index (χ0v) is 13.4. The Morgan fingerprint density at radius 3 is 2.36 bits per heavy atom. The molecule has 2 aliphatic heterocycles. The molecular formula is C17H22ClN3O. The van der Waals surface area contributed by atoms with Gasteiger partial charge in [0.05, 0.1) is 0 Å². The van der Waals surface area contributed by atoms with Crippen LogP contribution in [0.25, 0.3) is 0 Å². The van der Waals surface area contributed by atoms with Crippen LogP contribution in [0.4, 0.5) is 4.79 Å². The molecule has 1 aliphatic carbocycles. The molecule has 3 fully saturated rings. The van der Waals surface area contributed by atoms with Gasteiger partial charge in [0.1, 0.15) is 0 Å². The number of piperidine rings is 1. The number of benzene rings is 1. The first-order chi connectivity index (χ1) is 10.6. The van der Waals surface area contributed by atoms with Crippen molar-refractivity contribution in [3.8, 4) is 0 Å². The second-order valence-electron chi connectivity index (χ2n) is 7.05. The molecule has 1 atom stereocenters. The van der Waals surface area contributed by atoms with Crippen molar-refractivity contribution in [1.82, 2.24) is 9.80 Å². The number of nitrogens with two attached hydrogens (primary N) is 1. The van der Waals surface area contributed by atoms with Crippen LogP contribution < -0.4 is 5.73 Å². The van der Waals surface area contributed by atoms with E-state index in [1.54, 1.807) is 4.90 Å². The van der Waals surface area contributed by atoms with E-state index < -0.39 is 0 Å². The van der Waals surface area contributed by atoms with Crippen LogP contribution in [0.2, 0.25) is 5.02 Å². The fraction of sp³-hybridized carbons (Fsp3) is 0.588. The maximum absolute atomic E-state index is 11.4. The number of likely N-dealkylation sites (tertiary alicyclic amines) is 2. The molecule has 2 heterocycles. The number of hydrogen-bond acceptors (Lipinski definition) is 2. The normalized spacial score (nSPS) is 27.7. The van der Waals surface area contributed by atoms with Gasteiger partial charge in [0.2, 0.25) is 0 Å². The maximum Gasteiger partial charge on any atom is 0.314 e. The van der Waals surface area contributed by atoms with Gasteiger partial charge < -0.3 is 10.6 Å². The molecule has 3 aliphatic rings. The summed E-state index contributed by atoms with van der Waals surface area (Å²) in [5, 5.41) is 0.790. The SMILES string of the molecule is NC(=O)N1CCC2(CC1)CN(C1CC1)C2c1ccc(Cl)cc1. The number of rotatable bonds is 2. The predicted molar refractivity (Wildman–Crippen MR) is 86.7 cm³/mol. The molecule has 1 aromatic carbocycles. The molecule has 4 rings (SSSR count). The fourth-order valence-electron chi connectivity index (χ4n) is 4.32. The average molecular weight is 320 g/mol. The van der Waals surface area contributed by atoms with Gasteiger partial charge in [-0.05, 0) is 43.4 Å². The molecule has 2 saturated heterocycles. The van der Waals surface area contributed by atoms with Gasteiger partial charge in [0, 0.05) is 42.2 Å². The van der Waals surface area contributed by atoms with Crippen LogP contribution in [0.15, 0.2) is 24.3 Å². The van der Waals surface area contributed by atoms with Gasteiger partial charge >= 0.3 is 6.03 Å². The van der Waals surface area contributed by atoms with Crippen molar-refractivity contribution in [2.45, 2.75) is 37.8 Å². The van der Waals surface area contributed by atoms with Crippen molar-refractivity contribution < 1.29 is 4.79 Å². The Hall–Kier alpha value is -1.26. The van der Waals surface area contributed by atoms with Gasteiger partial charge in [0.25, 0.3) is 0 Å². The first-order valence-electron chi connectivity index (χ1n) is 8.15. The van der Waals surface area contributed by atoms with E-state index in [0.29, 0.717) is 11.5 Å². The smallest absolute Gasteiger partial charge is 0.314 e. The van der Waals surface area contributed by atoms with Crippen molar-refractivity contribution in [2.75, 3.05) is 19.6 Å².